The van der Waals surface area contributed by atoms with E-state index in [0.29, 0.717) is 35.1 Å². The molecule has 2 amide bonds. The Bertz CT molecular complexity index is 1520. The highest BCUT2D eigenvalue weighted by Gasteiger charge is 2.54. The third-order valence-corrected chi connectivity index (χ3v) is 10.1. The lowest BCUT2D eigenvalue weighted by atomic mass is 10.0. The monoisotopic (exact) mass is 635 g/mol. The Hall–Kier alpha value is -3.90. The van der Waals surface area contributed by atoms with Crippen molar-refractivity contribution < 1.29 is 38.8 Å². The van der Waals surface area contributed by atoms with Crippen LogP contribution in [0, 0.1) is 0 Å². The number of carboxylic acids is 2. The first-order valence-corrected chi connectivity index (χ1v) is 15.6. The van der Waals surface area contributed by atoms with Gasteiger partial charge in [-0.1, -0.05) is 5.16 Å². The summed E-state index contributed by atoms with van der Waals surface area (Å²) in [5.74, 6) is -3.00. The highest BCUT2D eigenvalue weighted by atomic mass is 32.2. The summed E-state index contributed by atoms with van der Waals surface area (Å²) in [6.45, 7) is 0. The van der Waals surface area contributed by atoms with Crippen LogP contribution in [0.4, 0.5) is 10.9 Å². The number of anilines is 2. The number of carbonyl (C=O) groups excluding carboxylic acids is 2. The fraction of sp³-hybridized carbons (Fsp3) is 0.417. The predicted octanol–water partition coefficient (Wildman–Crippen LogP) is 0.176. The van der Waals surface area contributed by atoms with Crippen molar-refractivity contribution in [3.05, 3.63) is 34.6 Å². The van der Waals surface area contributed by atoms with Crippen molar-refractivity contribution in [3.63, 3.8) is 0 Å². The number of rotatable bonds is 10. The van der Waals surface area contributed by atoms with Gasteiger partial charge in [0.05, 0.1) is 13.2 Å². The quantitative estimate of drug-likeness (QED) is 0.0587. The minimum atomic E-state index is -1.57. The Labute approximate surface area is 251 Å². The van der Waals surface area contributed by atoms with Crippen LogP contribution in [-0.4, -0.2) is 83.1 Å². The molecule has 2 fully saturated rings. The average molecular weight is 636 g/mol. The summed E-state index contributed by atoms with van der Waals surface area (Å²) in [4.78, 5) is 65.7. The van der Waals surface area contributed by atoms with E-state index in [1.54, 1.807) is 23.9 Å². The molecule has 2 atom stereocenters. The normalized spacial score (nSPS) is 21.5. The van der Waals surface area contributed by atoms with Crippen LogP contribution in [0.5, 0.6) is 0 Å². The summed E-state index contributed by atoms with van der Waals surface area (Å²) in [6.07, 6.45) is 3.46. The third-order valence-electron chi connectivity index (χ3n) is 7.00. The second kappa shape index (κ2) is 11.8. The molecule has 15 nitrogen and oxygen atoms in total. The van der Waals surface area contributed by atoms with Crippen molar-refractivity contribution in [2.24, 2.45) is 12.2 Å². The van der Waals surface area contributed by atoms with E-state index in [1.165, 1.54) is 28.9 Å². The van der Waals surface area contributed by atoms with Crippen LogP contribution in [0.2, 0.25) is 0 Å². The number of fused-ring (bicyclic) bond motifs is 1. The molecule has 2 aromatic rings. The van der Waals surface area contributed by atoms with Gasteiger partial charge in [-0.3, -0.25) is 14.5 Å². The molecule has 1 saturated heterocycles. The van der Waals surface area contributed by atoms with E-state index in [0.717, 1.165) is 16.2 Å². The standard InChI is InChI=1S/C24H26N8O7S3/c1-31-7-4-13(25)28-23(31)42-9-11-8-40-19-15(18(34)32(19)16(11)20(35)36)29-17(33)14(12-10-41-22(26)27-12)30-39-24(21(37)38)5-2-3-6-24/h4,7,10,15,19,25H,2-3,5-6,8-9H2,1H3,(H5,26,27,29,33,35,36,37,38)/p+1/b30-14-/t15?,19-/m1/s1. The minimum absolute atomic E-state index is 0.0576. The molecule has 5 rings (SSSR count). The van der Waals surface area contributed by atoms with Gasteiger partial charge in [-0.05, 0) is 35.2 Å². The van der Waals surface area contributed by atoms with E-state index in [4.69, 9.17) is 16.3 Å². The number of hydrogen-bond acceptors (Lipinski definition) is 13. The highest BCUT2D eigenvalue weighted by molar-refractivity contribution is 8.01. The topological polar surface area (TPSA) is 227 Å². The lowest BCUT2D eigenvalue weighted by Crippen LogP contribution is -2.71. The first-order chi connectivity index (χ1) is 20.0. The van der Waals surface area contributed by atoms with Gasteiger partial charge in [-0.15, -0.1) is 23.1 Å². The van der Waals surface area contributed by atoms with Gasteiger partial charge in [0.2, 0.25) is 11.4 Å². The summed E-state index contributed by atoms with van der Waals surface area (Å²) in [5.41, 5.74) is 10.1. The average Bonchev–Trinajstić information content (AvgIpc) is 3.61. The smallest absolute Gasteiger partial charge is 0.361 e. The molecule has 7 N–H and O–H groups in total. The summed E-state index contributed by atoms with van der Waals surface area (Å²) in [7, 11) is 1.79. The molecular formula is C24H27N8O7S3+. The first kappa shape index (κ1) is 29.6. The van der Waals surface area contributed by atoms with Crippen LogP contribution in [0.15, 0.2) is 39.2 Å². The van der Waals surface area contributed by atoms with Gasteiger partial charge in [0.25, 0.3) is 11.8 Å². The Morgan fingerprint density at radius 2 is 2.02 bits per heavy atom. The number of nitrogen functional groups attached to an aromatic ring is 2. The SMILES string of the molecule is C[n+]1ccc(N)nc1SCC1=C(C(=O)O)N2C(=O)C(NC(=O)/C(=N\OC3(C(=O)O)CCCC3)c3csc(N)n3)[C@H]2SC1. The first-order valence-electron chi connectivity index (χ1n) is 12.7. The molecule has 2 aliphatic heterocycles. The molecule has 1 unspecified atom stereocenters. The fourth-order valence-corrected chi connectivity index (χ4v) is 7.79. The van der Waals surface area contributed by atoms with Crippen LogP contribution in [0.25, 0.3) is 0 Å². The number of aryl methyl sites for hydroxylation is 1. The minimum Gasteiger partial charge on any atom is -0.478 e. The molecule has 2 aromatic heterocycles. The van der Waals surface area contributed by atoms with Crippen molar-refractivity contribution in [1.29, 1.82) is 0 Å². The second-order valence-corrected chi connectivity index (χ2v) is 12.7. The summed E-state index contributed by atoms with van der Waals surface area (Å²) in [6, 6.07) is 0.589. The lowest BCUT2D eigenvalue weighted by molar-refractivity contribution is -0.713. The molecule has 4 heterocycles. The molecular weight excluding hydrogens is 609 g/mol. The van der Waals surface area contributed by atoms with Crippen LogP contribution < -0.4 is 21.4 Å². The molecule has 0 spiro atoms. The number of thioether (sulfide) groups is 2. The predicted molar refractivity (Wildman–Crippen MR) is 153 cm³/mol. The van der Waals surface area contributed by atoms with Crippen molar-refractivity contribution >= 4 is 75.3 Å². The maximum atomic E-state index is 13.4. The molecule has 0 aromatic carbocycles. The molecule has 1 saturated carbocycles. The number of nitrogens with two attached hydrogens (primary N) is 2. The van der Waals surface area contributed by atoms with Gasteiger partial charge >= 0.3 is 17.1 Å². The summed E-state index contributed by atoms with van der Waals surface area (Å²) in [5, 5.41) is 27.7. The number of nitrogens with zero attached hydrogens (tertiary/aromatic N) is 5. The Morgan fingerprint density at radius 3 is 2.67 bits per heavy atom. The Kier molecular flexibility index (Phi) is 8.29. The number of nitrogens with one attached hydrogen (secondary N) is 1. The summed E-state index contributed by atoms with van der Waals surface area (Å²) >= 11 is 3.65. The number of amides is 2. The van der Waals surface area contributed by atoms with Gasteiger partial charge in [-0.2, -0.15) is 0 Å². The van der Waals surface area contributed by atoms with Crippen molar-refractivity contribution in [3.8, 4) is 0 Å². The van der Waals surface area contributed by atoms with E-state index in [-0.39, 0.29) is 40.8 Å². The number of carbonyl (C=O) groups is 4. The van der Waals surface area contributed by atoms with Crippen molar-refractivity contribution in [2.45, 2.75) is 47.9 Å². The number of thiazole rings is 1. The van der Waals surface area contributed by atoms with Gasteiger partial charge in [-0.25, -0.2) is 19.1 Å². The number of carboxylic acid groups (broad SMARTS) is 2. The van der Waals surface area contributed by atoms with E-state index in [2.05, 4.69) is 20.4 Å². The number of aliphatic carboxylic acids is 2. The van der Waals surface area contributed by atoms with E-state index in [1.807, 2.05) is 0 Å². The zero-order valence-corrected chi connectivity index (χ0v) is 24.6. The van der Waals surface area contributed by atoms with Crippen LogP contribution >= 0.6 is 34.9 Å². The number of β-lactam (4-membered cyclic amide) rings is 1. The Morgan fingerprint density at radius 1 is 1.29 bits per heavy atom. The Balaban J connectivity index is 1.34. The maximum absolute atomic E-state index is 13.4. The molecule has 0 bridgehead atoms. The molecule has 42 heavy (non-hydrogen) atoms. The third kappa shape index (κ3) is 5.60. The van der Waals surface area contributed by atoms with E-state index < -0.39 is 40.8 Å². The summed E-state index contributed by atoms with van der Waals surface area (Å²) < 4.78 is 1.75. The fourth-order valence-electron chi connectivity index (χ4n) is 4.79. The number of hydrogen-bond donors (Lipinski definition) is 5. The van der Waals surface area contributed by atoms with Gasteiger partial charge in [0.15, 0.2) is 10.8 Å². The number of aromatic nitrogens is 3. The van der Waals surface area contributed by atoms with E-state index >= 15 is 0 Å². The van der Waals surface area contributed by atoms with Crippen molar-refractivity contribution in [1.82, 2.24) is 20.2 Å². The van der Waals surface area contributed by atoms with Gasteiger partial charge in [0.1, 0.15) is 22.8 Å². The number of oxime groups is 1. The molecule has 18 heteroatoms. The molecule has 1 aliphatic carbocycles. The molecule has 222 valence electrons. The molecule has 0 radical (unpaired) electrons. The largest absolute Gasteiger partial charge is 0.478 e. The van der Waals surface area contributed by atoms with Crippen LogP contribution in [-0.2, 0) is 31.1 Å². The highest BCUT2D eigenvalue weighted by Crippen LogP contribution is 2.41. The lowest BCUT2D eigenvalue weighted by Gasteiger charge is -2.49. The van der Waals surface area contributed by atoms with E-state index in [9.17, 15) is 29.4 Å². The van der Waals surface area contributed by atoms with Gasteiger partial charge < -0.3 is 31.8 Å². The zero-order chi connectivity index (χ0) is 30.2. The maximum Gasteiger partial charge on any atom is 0.361 e. The van der Waals surface area contributed by atoms with Crippen LogP contribution in [0.1, 0.15) is 31.4 Å². The second-order valence-electron chi connectivity index (χ2n) is 9.76. The zero-order valence-electron chi connectivity index (χ0n) is 22.2. The molecule has 3 aliphatic rings. The van der Waals surface area contributed by atoms with Gasteiger partial charge in [0, 0.05) is 35.8 Å². The van der Waals surface area contributed by atoms with Crippen LogP contribution in [0.3, 0.4) is 0 Å². The van der Waals surface area contributed by atoms with Crippen molar-refractivity contribution in [2.75, 3.05) is 23.0 Å².